The minimum atomic E-state index is -4.54. The van der Waals surface area contributed by atoms with Gasteiger partial charge in [0.15, 0.2) is 0 Å². The van der Waals surface area contributed by atoms with E-state index in [1.807, 2.05) is 6.92 Å². The number of unbranched alkanes of at least 4 members (excludes halogenated alkanes) is 1. The SMILES string of the molecule is CCCC[C@@H](C(=O)C(=O)NN1CCOC1=O)N(C(=O)O)[C@H](c1nnc(-c2ccc(C(F)(F)F)cc2)o1)C(C)(C)C. The third-order valence-corrected chi connectivity index (χ3v) is 6.14. The standard InChI is InChI=1S/C25H30F3N5O7/c1-5-6-7-16(17(34)19(35)31-32-12-13-39-23(32)38)33(22(36)37)18(24(2,3)4)21-30-29-20(40-21)14-8-10-15(11-9-14)25(26,27)28/h8-11,16,18H,5-7,12-13H2,1-4H3,(H,31,35)(H,36,37)/t16-,18+/m0/s1. The van der Waals surface area contributed by atoms with Crippen molar-refractivity contribution < 1.29 is 46.6 Å². The third-order valence-electron chi connectivity index (χ3n) is 6.14. The van der Waals surface area contributed by atoms with E-state index >= 15 is 0 Å². The van der Waals surface area contributed by atoms with Crippen molar-refractivity contribution in [3.8, 4) is 11.5 Å². The zero-order valence-electron chi connectivity index (χ0n) is 22.3. The van der Waals surface area contributed by atoms with Crippen LogP contribution >= 0.6 is 0 Å². The summed E-state index contributed by atoms with van der Waals surface area (Å²) in [6.45, 7) is 6.84. The fraction of sp³-hybridized carbons (Fsp3) is 0.520. The van der Waals surface area contributed by atoms with Crippen LogP contribution in [0.3, 0.4) is 0 Å². The molecule has 2 aromatic rings. The van der Waals surface area contributed by atoms with Gasteiger partial charge in [0.2, 0.25) is 17.6 Å². The van der Waals surface area contributed by atoms with Crippen LogP contribution in [-0.4, -0.2) is 68.3 Å². The van der Waals surface area contributed by atoms with E-state index in [2.05, 4.69) is 15.6 Å². The number of ketones is 1. The topological polar surface area (TPSA) is 155 Å². The summed E-state index contributed by atoms with van der Waals surface area (Å²) in [6, 6.07) is 1.25. The Hall–Kier alpha value is -4.17. The number of halogens is 3. The Morgan fingerprint density at radius 3 is 2.30 bits per heavy atom. The van der Waals surface area contributed by atoms with Gasteiger partial charge >= 0.3 is 24.3 Å². The number of hydrogen-bond donors (Lipinski definition) is 2. The second-order valence-electron chi connectivity index (χ2n) is 10.2. The number of alkyl halides is 3. The smallest absolute Gasteiger partial charge is 0.428 e. The lowest BCUT2D eigenvalue weighted by molar-refractivity contribution is -0.144. The normalized spacial score (nSPS) is 15.4. The Labute approximate surface area is 227 Å². The van der Waals surface area contributed by atoms with Gasteiger partial charge in [0.05, 0.1) is 12.1 Å². The van der Waals surface area contributed by atoms with Gasteiger partial charge in [0.25, 0.3) is 0 Å². The summed E-state index contributed by atoms with van der Waals surface area (Å²) in [5.41, 5.74) is 0.488. The highest BCUT2D eigenvalue weighted by molar-refractivity contribution is 6.38. The molecule has 0 aliphatic carbocycles. The molecule has 3 amide bonds. The van der Waals surface area contributed by atoms with E-state index < -0.39 is 53.1 Å². The number of carbonyl (C=O) groups excluding carboxylic acids is 3. The van der Waals surface area contributed by atoms with E-state index in [0.29, 0.717) is 12.8 Å². The number of ether oxygens (including phenoxy) is 1. The van der Waals surface area contributed by atoms with Crippen LogP contribution in [0.2, 0.25) is 0 Å². The number of hydrogen-bond acceptors (Lipinski definition) is 8. The molecule has 15 heteroatoms. The minimum absolute atomic E-state index is 0.0122. The average Bonchev–Trinajstić information content (AvgIpc) is 3.51. The number of amides is 3. The first-order valence-electron chi connectivity index (χ1n) is 12.5. The predicted octanol–water partition coefficient (Wildman–Crippen LogP) is 4.43. The zero-order valence-corrected chi connectivity index (χ0v) is 22.3. The summed E-state index contributed by atoms with van der Waals surface area (Å²) in [6.07, 6.45) is -5.99. The maximum atomic E-state index is 13.3. The number of hydrazine groups is 1. The van der Waals surface area contributed by atoms with E-state index in [1.165, 1.54) is 0 Å². The van der Waals surface area contributed by atoms with Crippen LogP contribution in [-0.2, 0) is 20.5 Å². The Bertz CT molecular complexity index is 1240. The number of nitrogens with one attached hydrogen (secondary N) is 1. The fourth-order valence-electron chi connectivity index (χ4n) is 4.21. The molecule has 0 saturated carbocycles. The lowest BCUT2D eigenvalue weighted by Crippen LogP contribution is -2.55. The summed E-state index contributed by atoms with van der Waals surface area (Å²) in [5, 5.41) is 19.0. The van der Waals surface area contributed by atoms with Gasteiger partial charge < -0.3 is 14.3 Å². The highest BCUT2D eigenvalue weighted by atomic mass is 19.4. The molecule has 3 rings (SSSR count). The maximum absolute atomic E-state index is 13.3. The maximum Gasteiger partial charge on any atom is 0.428 e. The number of cyclic esters (lactones) is 1. The molecule has 1 aromatic carbocycles. The number of carbonyl (C=O) groups is 4. The summed E-state index contributed by atoms with van der Waals surface area (Å²) in [7, 11) is 0. The highest BCUT2D eigenvalue weighted by Gasteiger charge is 2.46. The molecule has 2 N–H and O–H groups in total. The van der Waals surface area contributed by atoms with Gasteiger partial charge in [0, 0.05) is 5.56 Å². The lowest BCUT2D eigenvalue weighted by atomic mass is 9.84. The predicted molar refractivity (Wildman–Crippen MR) is 131 cm³/mol. The molecule has 218 valence electrons. The van der Waals surface area contributed by atoms with Crippen molar-refractivity contribution in [3.63, 3.8) is 0 Å². The Kier molecular flexibility index (Phi) is 9.05. The van der Waals surface area contributed by atoms with Gasteiger partial charge in [-0.25, -0.2) is 14.6 Å². The van der Waals surface area contributed by atoms with Gasteiger partial charge in [0.1, 0.15) is 18.7 Å². The van der Waals surface area contributed by atoms with E-state index in [9.17, 15) is 37.5 Å². The van der Waals surface area contributed by atoms with Crippen LogP contribution in [0, 0.1) is 5.41 Å². The molecular weight excluding hydrogens is 539 g/mol. The number of rotatable bonds is 10. The average molecular weight is 570 g/mol. The van der Waals surface area contributed by atoms with Crippen molar-refractivity contribution >= 4 is 23.9 Å². The largest absolute Gasteiger partial charge is 0.465 e. The number of aromatic nitrogens is 2. The van der Waals surface area contributed by atoms with E-state index in [4.69, 9.17) is 9.15 Å². The van der Waals surface area contributed by atoms with E-state index in [1.54, 1.807) is 20.8 Å². The summed E-state index contributed by atoms with van der Waals surface area (Å²) in [5.74, 6) is -2.69. The molecule has 1 saturated heterocycles. The fourth-order valence-corrected chi connectivity index (χ4v) is 4.21. The molecule has 1 fully saturated rings. The first-order chi connectivity index (χ1) is 18.6. The molecule has 2 heterocycles. The first-order valence-corrected chi connectivity index (χ1v) is 12.5. The number of nitrogens with zero attached hydrogens (tertiary/aromatic N) is 4. The second kappa shape index (κ2) is 11.9. The molecule has 1 aliphatic heterocycles. The second-order valence-corrected chi connectivity index (χ2v) is 10.2. The lowest BCUT2D eigenvalue weighted by Gasteiger charge is -2.40. The van der Waals surface area contributed by atoms with Gasteiger partial charge in [-0.1, -0.05) is 40.5 Å². The molecule has 0 unspecified atom stereocenters. The van der Waals surface area contributed by atoms with Crippen LogP contribution in [0.25, 0.3) is 11.5 Å². The van der Waals surface area contributed by atoms with E-state index in [-0.39, 0.29) is 36.9 Å². The van der Waals surface area contributed by atoms with Gasteiger partial charge in [-0.05, 0) is 36.1 Å². The van der Waals surface area contributed by atoms with Crippen molar-refractivity contribution in [2.24, 2.45) is 5.41 Å². The quantitative estimate of drug-likeness (QED) is 0.395. The summed E-state index contributed by atoms with van der Waals surface area (Å²) >= 11 is 0. The Morgan fingerprint density at radius 2 is 1.80 bits per heavy atom. The van der Waals surface area contributed by atoms with Crippen molar-refractivity contribution in [1.29, 1.82) is 0 Å². The number of benzene rings is 1. The third kappa shape index (κ3) is 6.87. The van der Waals surface area contributed by atoms with Gasteiger partial charge in [-0.2, -0.15) is 13.2 Å². The molecular formula is C25H30F3N5O7. The van der Waals surface area contributed by atoms with Crippen LogP contribution in [0.5, 0.6) is 0 Å². The van der Waals surface area contributed by atoms with E-state index in [0.717, 1.165) is 34.2 Å². The van der Waals surface area contributed by atoms with Crippen LogP contribution in [0.15, 0.2) is 28.7 Å². The Balaban J connectivity index is 1.98. The van der Waals surface area contributed by atoms with Crippen LogP contribution < -0.4 is 5.43 Å². The van der Waals surface area contributed by atoms with Crippen molar-refractivity contribution in [1.82, 2.24) is 25.5 Å². The molecule has 1 aromatic heterocycles. The summed E-state index contributed by atoms with van der Waals surface area (Å²) < 4.78 is 49.3. The highest BCUT2D eigenvalue weighted by Crippen LogP contribution is 2.40. The monoisotopic (exact) mass is 569 g/mol. The molecule has 0 spiro atoms. The first kappa shape index (κ1) is 30.4. The summed E-state index contributed by atoms with van der Waals surface area (Å²) in [4.78, 5) is 51.3. The minimum Gasteiger partial charge on any atom is -0.465 e. The molecule has 40 heavy (non-hydrogen) atoms. The van der Waals surface area contributed by atoms with Crippen LogP contribution in [0.1, 0.15) is 64.5 Å². The molecule has 0 radical (unpaired) electrons. The van der Waals surface area contributed by atoms with Gasteiger partial charge in [-0.15, -0.1) is 10.2 Å². The number of carboxylic acid groups (broad SMARTS) is 1. The molecule has 1 aliphatic rings. The van der Waals surface area contributed by atoms with Crippen molar-refractivity contribution in [3.05, 3.63) is 35.7 Å². The van der Waals surface area contributed by atoms with Crippen molar-refractivity contribution in [2.45, 2.75) is 65.2 Å². The molecule has 2 atom stereocenters. The zero-order chi connectivity index (χ0) is 29.8. The van der Waals surface area contributed by atoms with Crippen LogP contribution in [0.4, 0.5) is 22.8 Å². The van der Waals surface area contributed by atoms with Crippen molar-refractivity contribution in [2.75, 3.05) is 13.2 Å². The van der Waals surface area contributed by atoms with Gasteiger partial charge in [-0.3, -0.25) is 19.9 Å². The Morgan fingerprint density at radius 1 is 1.15 bits per heavy atom. The molecule has 12 nitrogen and oxygen atoms in total. The number of Topliss-reactive ketones (excluding diaryl/α,β-unsaturated/α-hetero) is 1. The molecule has 0 bridgehead atoms.